The van der Waals surface area contributed by atoms with Crippen molar-refractivity contribution >= 4 is 32.9 Å². The number of aryl methyl sites for hydroxylation is 2. The maximum absolute atomic E-state index is 12.4. The zero-order valence-electron chi connectivity index (χ0n) is 23.5. The standard InChI is InChI=1S/C33H48BrN3O/c1-2-3-4-5-6-7-8-9-10-11-12-13-14-17-27-37-31-20-16-15-19-30(31)36-32(37)21-18-26-35-33(38)28-22-24-29(34)25-23-28/h15-16,19-20,22-25H,2-14,17-18,21,26-27H2,1H3,(H,35,38). The average Bonchev–Trinajstić information content (AvgIpc) is 3.28. The maximum atomic E-state index is 12.4. The Morgan fingerprint density at radius 2 is 1.34 bits per heavy atom. The van der Waals surface area contributed by atoms with Gasteiger partial charge in [0.05, 0.1) is 11.0 Å². The third kappa shape index (κ3) is 10.9. The lowest BCUT2D eigenvalue weighted by molar-refractivity contribution is 0.0953. The van der Waals surface area contributed by atoms with Gasteiger partial charge >= 0.3 is 0 Å². The number of imidazole rings is 1. The summed E-state index contributed by atoms with van der Waals surface area (Å²) in [5.41, 5.74) is 3.00. The quantitative estimate of drug-likeness (QED) is 0.135. The molecule has 0 radical (unpaired) electrons. The second-order valence-electron chi connectivity index (χ2n) is 10.6. The number of para-hydroxylation sites is 2. The van der Waals surface area contributed by atoms with Crippen molar-refractivity contribution in [2.24, 2.45) is 0 Å². The highest BCUT2D eigenvalue weighted by atomic mass is 79.9. The molecule has 4 nitrogen and oxygen atoms in total. The number of unbranched alkanes of at least 4 members (excludes halogenated alkanes) is 13. The van der Waals surface area contributed by atoms with Gasteiger partial charge in [0.15, 0.2) is 0 Å². The highest BCUT2D eigenvalue weighted by molar-refractivity contribution is 9.10. The Labute approximate surface area is 239 Å². The van der Waals surface area contributed by atoms with Gasteiger partial charge in [0.1, 0.15) is 5.82 Å². The van der Waals surface area contributed by atoms with Gasteiger partial charge in [-0.25, -0.2) is 4.98 Å². The van der Waals surface area contributed by atoms with Crippen LogP contribution in [0.1, 0.15) is 119 Å². The van der Waals surface area contributed by atoms with E-state index in [-0.39, 0.29) is 5.91 Å². The summed E-state index contributed by atoms with van der Waals surface area (Å²) >= 11 is 3.42. The minimum absolute atomic E-state index is 0.0200. The average molecular weight is 583 g/mol. The van der Waals surface area contributed by atoms with Crippen LogP contribution >= 0.6 is 15.9 Å². The van der Waals surface area contributed by atoms with Crippen LogP contribution in [0.4, 0.5) is 0 Å². The molecular formula is C33H48BrN3O. The largest absolute Gasteiger partial charge is 0.352 e. The third-order valence-corrected chi connectivity index (χ3v) is 7.97. The van der Waals surface area contributed by atoms with Crippen molar-refractivity contribution in [1.29, 1.82) is 0 Å². The molecular weight excluding hydrogens is 534 g/mol. The number of nitrogens with zero attached hydrogens (tertiary/aromatic N) is 2. The van der Waals surface area contributed by atoms with Crippen molar-refractivity contribution in [2.45, 2.75) is 116 Å². The van der Waals surface area contributed by atoms with Gasteiger partial charge in [-0.3, -0.25) is 4.79 Å². The van der Waals surface area contributed by atoms with E-state index in [1.165, 1.54) is 95.4 Å². The Morgan fingerprint density at radius 3 is 1.97 bits per heavy atom. The summed E-state index contributed by atoms with van der Waals surface area (Å²) in [6.45, 7) is 3.96. The first-order chi connectivity index (χ1) is 18.7. The number of carbonyl (C=O) groups is 1. The van der Waals surface area contributed by atoms with Gasteiger partial charge in [-0.2, -0.15) is 0 Å². The summed E-state index contributed by atoms with van der Waals surface area (Å²) in [4.78, 5) is 17.3. The van der Waals surface area contributed by atoms with Crippen LogP contribution in [0.15, 0.2) is 53.0 Å². The minimum Gasteiger partial charge on any atom is -0.352 e. The van der Waals surface area contributed by atoms with Crippen LogP contribution in [-0.4, -0.2) is 22.0 Å². The fourth-order valence-corrected chi connectivity index (χ4v) is 5.45. The number of hydrogen-bond acceptors (Lipinski definition) is 2. The van der Waals surface area contributed by atoms with E-state index in [0.29, 0.717) is 12.1 Å². The molecule has 1 heterocycles. The third-order valence-electron chi connectivity index (χ3n) is 7.44. The molecule has 3 rings (SSSR count). The van der Waals surface area contributed by atoms with E-state index in [4.69, 9.17) is 4.98 Å². The van der Waals surface area contributed by atoms with Gasteiger partial charge in [0.25, 0.3) is 5.91 Å². The van der Waals surface area contributed by atoms with Crippen LogP contribution in [0, 0.1) is 0 Å². The zero-order chi connectivity index (χ0) is 26.8. The first-order valence-corrected chi connectivity index (χ1v) is 16.0. The molecule has 0 spiro atoms. The molecule has 1 amide bonds. The van der Waals surface area contributed by atoms with Gasteiger partial charge in [0.2, 0.25) is 0 Å². The van der Waals surface area contributed by atoms with Gasteiger partial charge in [-0.05, 0) is 49.2 Å². The van der Waals surface area contributed by atoms with Crippen LogP contribution in [-0.2, 0) is 13.0 Å². The molecule has 0 aliphatic rings. The number of fused-ring (bicyclic) bond motifs is 1. The smallest absolute Gasteiger partial charge is 0.251 e. The molecule has 1 aromatic heterocycles. The summed E-state index contributed by atoms with van der Waals surface area (Å²) in [7, 11) is 0. The molecule has 0 aliphatic heterocycles. The van der Waals surface area contributed by atoms with Gasteiger partial charge in [-0.1, -0.05) is 118 Å². The van der Waals surface area contributed by atoms with Gasteiger partial charge in [0, 0.05) is 29.5 Å². The van der Waals surface area contributed by atoms with Crippen LogP contribution in [0.2, 0.25) is 0 Å². The highest BCUT2D eigenvalue weighted by Gasteiger charge is 2.11. The molecule has 208 valence electrons. The Bertz CT molecular complexity index is 1060. The van der Waals surface area contributed by atoms with Crippen molar-refractivity contribution in [3.8, 4) is 0 Å². The van der Waals surface area contributed by atoms with E-state index in [2.05, 4.69) is 57.0 Å². The predicted octanol–water partition coefficient (Wildman–Crippen LogP) is 9.64. The van der Waals surface area contributed by atoms with E-state index < -0.39 is 0 Å². The topological polar surface area (TPSA) is 46.9 Å². The number of amides is 1. The Morgan fingerprint density at radius 1 is 0.763 bits per heavy atom. The summed E-state index contributed by atoms with van der Waals surface area (Å²) in [5.74, 6) is 1.12. The molecule has 0 saturated heterocycles. The lowest BCUT2D eigenvalue weighted by Gasteiger charge is -2.10. The first kappa shape index (κ1) is 30.4. The number of hydrogen-bond donors (Lipinski definition) is 1. The number of halogens is 1. The van der Waals surface area contributed by atoms with Crippen LogP contribution in [0.25, 0.3) is 11.0 Å². The maximum Gasteiger partial charge on any atom is 0.251 e. The normalized spacial score (nSPS) is 11.3. The van der Waals surface area contributed by atoms with Crippen molar-refractivity contribution in [3.63, 3.8) is 0 Å². The van der Waals surface area contributed by atoms with E-state index in [9.17, 15) is 4.79 Å². The van der Waals surface area contributed by atoms with E-state index >= 15 is 0 Å². The fraction of sp³-hybridized carbons (Fsp3) is 0.576. The SMILES string of the molecule is CCCCCCCCCCCCCCCCn1c(CCCNC(=O)c2ccc(Br)cc2)nc2ccccc21. The zero-order valence-corrected chi connectivity index (χ0v) is 25.1. The summed E-state index contributed by atoms with van der Waals surface area (Å²) < 4.78 is 3.39. The molecule has 38 heavy (non-hydrogen) atoms. The second-order valence-corrected chi connectivity index (χ2v) is 11.5. The van der Waals surface area contributed by atoms with Crippen molar-refractivity contribution < 1.29 is 4.79 Å². The molecule has 2 aromatic carbocycles. The molecule has 0 atom stereocenters. The molecule has 1 N–H and O–H groups in total. The number of benzene rings is 2. The van der Waals surface area contributed by atoms with Crippen molar-refractivity contribution in [1.82, 2.24) is 14.9 Å². The number of carbonyl (C=O) groups excluding carboxylic acids is 1. The fourth-order valence-electron chi connectivity index (χ4n) is 5.18. The van der Waals surface area contributed by atoms with E-state index in [1.54, 1.807) is 0 Å². The van der Waals surface area contributed by atoms with Crippen LogP contribution in [0.3, 0.4) is 0 Å². The van der Waals surface area contributed by atoms with Gasteiger partial charge in [-0.15, -0.1) is 0 Å². The molecule has 0 fully saturated rings. The predicted molar refractivity (Wildman–Crippen MR) is 165 cm³/mol. The lowest BCUT2D eigenvalue weighted by Crippen LogP contribution is -2.25. The molecule has 0 unspecified atom stereocenters. The van der Waals surface area contributed by atoms with Gasteiger partial charge < -0.3 is 9.88 Å². The second kappa shape index (κ2) is 18.2. The van der Waals surface area contributed by atoms with Crippen LogP contribution in [0.5, 0.6) is 0 Å². The number of nitrogens with one attached hydrogen (secondary N) is 1. The molecule has 0 aliphatic carbocycles. The Hall–Kier alpha value is -2.14. The Balaban J connectivity index is 1.32. The first-order valence-electron chi connectivity index (χ1n) is 15.2. The molecule has 3 aromatic rings. The summed E-state index contributed by atoms with van der Waals surface area (Å²) in [6.07, 6.45) is 21.1. The van der Waals surface area contributed by atoms with Crippen molar-refractivity contribution in [2.75, 3.05) is 6.54 Å². The summed E-state index contributed by atoms with van der Waals surface area (Å²) in [5, 5.41) is 3.05. The lowest BCUT2D eigenvalue weighted by atomic mass is 10.0. The van der Waals surface area contributed by atoms with E-state index in [0.717, 1.165) is 35.2 Å². The number of rotatable bonds is 20. The summed E-state index contributed by atoms with van der Waals surface area (Å²) in [6, 6.07) is 15.9. The monoisotopic (exact) mass is 581 g/mol. The molecule has 0 saturated carbocycles. The minimum atomic E-state index is -0.0200. The van der Waals surface area contributed by atoms with E-state index in [1.807, 2.05) is 24.3 Å². The van der Waals surface area contributed by atoms with Crippen LogP contribution < -0.4 is 5.32 Å². The molecule has 0 bridgehead atoms. The molecule has 5 heteroatoms. The number of aromatic nitrogens is 2. The van der Waals surface area contributed by atoms with Crippen molar-refractivity contribution in [3.05, 3.63) is 64.4 Å². The Kier molecular flexibility index (Phi) is 14.6. The highest BCUT2D eigenvalue weighted by Crippen LogP contribution is 2.19.